The third kappa shape index (κ3) is 5.61. The summed E-state index contributed by atoms with van der Waals surface area (Å²) in [6, 6.07) is 0. The van der Waals surface area contributed by atoms with Crippen molar-refractivity contribution >= 4 is 11.9 Å². The quantitative estimate of drug-likeness (QED) is 0.133. The van der Waals surface area contributed by atoms with Crippen LogP contribution in [0.3, 0.4) is 0 Å². The van der Waals surface area contributed by atoms with Gasteiger partial charge in [-0.2, -0.15) is 0 Å². The fourth-order valence-corrected chi connectivity index (χ4v) is 13.2. The minimum atomic E-state index is -1.12. The second-order valence-corrected chi connectivity index (χ2v) is 18.7. The van der Waals surface area contributed by atoms with Gasteiger partial charge < -0.3 is 19.9 Å². The van der Waals surface area contributed by atoms with E-state index in [2.05, 4.69) is 53.4 Å². The number of fused-ring (bicyclic) bond motifs is 7. The van der Waals surface area contributed by atoms with Crippen LogP contribution in [0.1, 0.15) is 132 Å². The summed E-state index contributed by atoms with van der Waals surface area (Å²) in [5, 5.41) is 13.3. The number of aliphatic carboxylic acids is 1. The van der Waals surface area contributed by atoms with Crippen LogP contribution in [0.25, 0.3) is 0 Å². The molecule has 6 nitrogen and oxygen atoms in total. The van der Waals surface area contributed by atoms with Crippen molar-refractivity contribution in [2.75, 3.05) is 26.8 Å². The van der Waals surface area contributed by atoms with Crippen LogP contribution in [0, 0.1) is 62.1 Å². The molecule has 5 aliphatic carbocycles. The molecule has 5 fully saturated rings. The zero-order chi connectivity index (χ0) is 33.9. The molecule has 0 aliphatic heterocycles. The number of ether oxygens (including phenoxy) is 2. The van der Waals surface area contributed by atoms with Crippen molar-refractivity contribution in [3.63, 3.8) is 0 Å². The maximum atomic E-state index is 13.0. The molecule has 5 saturated carbocycles. The topological polar surface area (TPSA) is 84.9 Å². The van der Waals surface area contributed by atoms with Gasteiger partial charge >= 0.3 is 11.9 Å². The number of carboxylic acid groups (broad SMARTS) is 1. The zero-order valence-electron chi connectivity index (χ0n) is 30.9. The summed E-state index contributed by atoms with van der Waals surface area (Å²) in [6.07, 6.45) is 13.4. The first-order valence-electron chi connectivity index (χ1n) is 18.7. The minimum absolute atomic E-state index is 0.0889. The monoisotopic (exact) mass is 642 g/mol. The summed E-state index contributed by atoms with van der Waals surface area (Å²) in [7, 11) is 1.78. The average Bonchev–Trinajstić information content (AvgIpc) is 3.34. The van der Waals surface area contributed by atoms with Crippen molar-refractivity contribution in [3.8, 4) is 0 Å². The molecule has 0 unspecified atom stereocenters. The van der Waals surface area contributed by atoms with E-state index in [1.165, 1.54) is 63.4 Å². The summed E-state index contributed by atoms with van der Waals surface area (Å²) in [5.41, 5.74) is 1.38. The number of allylic oxidation sites excluding steroid dienone is 1. The van der Waals surface area contributed by atoms with Crippen molar-refractivity contribution in [1.29, 1.82) is 0 Å². The van der Waals surface area contributed by atoms with E-state index in [4.69, 9.17) is 9.47 Å². The molecule has 262 valence electrons. The van der Waals surface area contributed by atoms with Crippen molar-refractivity contribution in [3.05, 3.63) is 12.2 Å². The predicted molar refractivity (Wildman–Crippen MR) is 184 cm³/mol. The summed E-state index contributed by atoms with van der Waals surface area (Å²) < 4.78 is 11.5. The highest BCUT2D eigenvalue weighted by Crippen LogP contribution is 2.78. The van der Waals surface area contributed by atoms with Crippen molar-refractivity contribution in [2.24, 2.45) is 62.1 Å². The van der Waals surface area contributed by atoms with Gasteiger partial charge in [-0.15, -0.1) is 0 Å². The van der Waals surface area contributed by atoms with Crippen LogP contribution in [0.2, 0.25) is 0 Å². The highest BCUT2D eigenvalue weighted by molar-refractivity contribution is 5.81. The van der Waals surface area contributed by atoms with Gasteiger partial charge in [-0.05, 0) is 149 Å². The van der Waals surface area contributed by atoms with Gasteiger partial charge in [0.1, 0.15) is 6.10 Å². The Hall–Kier alpha value is -1.40. The number of rotatable bonds is 11. The molecule has 0 aromatic carbocycles. The van der Waals surface area contributed by atoms with E-state index >= 15 is 0 Å². The molecule has 5 rings (SSSR count). The number of nitrogens with one attached hydrogen (secondary N) is 1. The maximum absolute atomic E-state index is 13.0. The lowest BCUT2D eigenvalue weighted by Crippen LogP contribution is -2.66. The molecular weight excluding hydrogens is 574 g/mol. The third-order valence-electron chi connectivity index (χ3n) is 15.9. The van der Waals surface area contributed by atoms with Crippen LogP contribution < -0.4 is 5.32 Å². The van der Waals surface area contributed by atoms with Gasteiger partial charge in [0, 0.05) is 19.1 Å². The molecule has 0 saturated heterocycles. The number of hydrogen-bond donors (Lipinski definition) is 2. The SMILES string of the molecule is C=C(C)[C@@H]1CC[C@]2(CCNCCOC)CC[C@]3(C)[C@H](CC[C@@H]4[C@@]5(C)CC[C@H](OC(=O)CC(C)(C)C(=O)O)C(C)(C)[C@@H]5CC[C@]43C)[C@@H]12. The molecule has 2 N–H and O–H groups in total. The predicted octanol–water partition coefficient (Wildman–Crippen LogP) is 8.68. The van der Waals surface area contributed by atoms with E-state index in [0.717, 1.165) is 44.4 Å². The first-order valence-corrected chi connectivity index (χ1v) is 18.7. The molecule has 0 amide bonds. The van der Waals surface area contributed by atoms with E-state index in [1.54, 1.807) is 21.0 Å². The Balaban J connectivity index is 1.38. The van der Waals surface area contributed by atoms with Crippen LogP contribution in [0.5, 0.6) is 0 Å². The third-order valence-corrected chi connectivity index (χ3v) is 15.9. The standard InChI is InChI=1S/C40H67NO5/c1-26(2)27-13-18-40(21-22-41-23-24-45-10)20-19-38(8)28(33(27)40)11-12-30-37(7)16-15-31(46-32(42)25-35(3,4)34(43)44)36(5,6)29(37)14-17-39(30,38)9/h27-31,33,41H,1,11-25H2,2-10H3,(H,43,44)/t27-,28+,29-,30+,31-,33+,37-,38+,39+,40+/m0/s1. The van der Waals surface area contributed by atoms with Gasteiger partial charge in [0.2, 0.25) is 0 Å². The lowest BCUT2D eigenvalue weighted by atomic mass is 9.32. The van der Waals surface area contributed by atoms with Crippen LogP contribution in [0.4, 0.5) is 0 Å². The fourth-order valence-electron chi connectivity index (χ4n) is 13.2. The van der Waals surface area contributed by atoms with Crippen LogP contribution >= 0.6 is 0 Å². The van der Waals surface area contributed by atoms with E-state index in [1.807, 2.05) is 0 Å². The first-order chi connectivity index (χ1) is 21.4. The van der Waals surface area contributed by atoms with Crippen molar-refractivity contribution < 1.29 is 24.2 Å². The molecule has 6 heteroatoms. The summed E-state index contributed by atoms with van der Waals surface area (Å²) in [6.45, 7) is 25.6. The molecule has 10 atom stereocenters. The molecule has 0 spiro atoms. The zero-order valence-corrected chi connectivity index (χ0v) is 30.9. The molecule has 0 heterocycles. The lowest BCUT2D eigenvalue weighted by molar-refractivity contribution is -0.250. The number of hydrogen-bond acceptors (Lipinski definition) is 5. The van der Waals surface area contributed by atoms with Crippen LogP contribution in [-0.2, 0) is 19.1 Å². The Labute approximate surface area is 280 Å². The number of carbonyl (C=O) groups is 2. The largest absolute Gasteiger partial charge is 0.481 e. The molecule has 0 aromatic heterocycles. The summed E-state index contributed by atoms with van der Waals surface area (Å²) in [4.78, 5) is 24.7. The number of carbonyl (C=O) groups excluding carboxylic acids is 1. The number of esters is 1. The minimum Gasteiger partial charge on any atom is -0.481 e. The molecule has 46 heavy (non-hydrogen) atoms. The molecular formula is C40H67NO5. The highest BCUT2D eigenvalue weighted by atomic mass is 16.5. The van der Waals surface area contributed by atoms with E-state index in [-0.39, 0.29) is 34.7 Å². The van der Waals surface area contributed by atoms with Gasteiger partial charge in [-0.3, -0.25) is 9.59 Å². The van der Waals surface area contributed by atoms with Crippen LogP contribution in [-0.4, -0.2) is 50.0 Å². The first kappa shape index (κ1) is 35.9. The van der Waals surface area contributed by atoms with E-state index in [9.17, 15) is 14.7 Å². The number of methoxy groups -OCH3 is 1. The van der Waals surface area contributed by atoms with Crippen molar-refractivity contribution in [2.45, 2.75) is 139 Å². The fraction of sp³-hybridized carbons (Fsp3) is 0.900. The lowest BCUT2D eigenvalue weighted by Gasteiger charge is -2.73. The summed E-state index contributed by atoms with van der Waals surface area (Å²) in [5.74, 6) is 1.94. The second kappa shape index (κ2) is 12.5. The van der Waals surface area contributed by atoms with Gasteiger partial charge in [0.15, 0.2) is 0 Å². The van der Waals surface area contributed by atoms with Crippen molar-refractivity contribution in [1.82, 2.24) is 5.32 Å². The Morgan fingerprint density at radius 3 is 2.26 bits per heavy atom. The highest BCUT2D eigenvalue weighted by Gasteiger charge is 2.71. The maximum Gasteiger partial charge on any atom is 0.309 e. The van der Waals surface area contributed by atoms with Gasteiger partial charge in [0.05, 0.1) is 18.4 Å². The van der Waals surface area contributed by atoms with E-state index < -0.39 is 11.4 Å². The Bertz CT molecular complexity index is 1180. The Morgan fingerprint density at radius 2 is 1.61 bits per heavy atom. The Kier molecular flexibility index (Phi) is 9.74. The molecule has 0 aromatic rings. The molecule has 0 bridgehead atoms. The second-order valence-electron chi connectivity index (χ2n) is 18.7. The smallest absolute Gasteiger partial charge is 0.309 e. The van der Waals surface area contributed by atoms with Gasteiger partial charge in [0.25, 0.3) is 0 Å². The summed E-state index contributed by atoms with van der Waals surface area (Å²) >= 11 is 0. The molecule has 0 radical (unpaired) electrons. The Morgan fingerprint density at radius 1 is 0.891 bits per heavy atom. The number of carboxylic acids is 1. The van der Waals surface area contributed by atoms with E-state index in [0.29, 0.717) is 28.6 Å². The van der Waals surface area contributed by atoms with Gasteiger partial charge in [-0.25, -0.2) is 0 Å². The van der Waals surface area contributed by atoms with Gasteiger partial charge in [-0.1, -0.05) is 46.8 Å². The molecule has 5 aliphatic rings. The average molecular weight is 642 g/mol. The van der Waals surface area contributed by atoms with Crippen LogP contribution in [0.15, 0.2) is 12.2 Å². The normalized spacial score (nSPS) is 43.1.